The molecular formula is C18H30O. The fourth-order valence-electron chi connectivity index (χ4n) is 1.79. The van der Waals surface area contributed by atoms with E-state index in [2.05, 4.69) is 27.7 Å². The third-order valence-corrected chi connectivity index (χ3v) is 2.90. The summed E-state index contributed by atoms with van der Waals surface area (Å²) in [5.41, 5.74) is 0.825. The predicted molar refractivity (Wildman–Crippen MR) is 84.7 cm³/mol. The van der Waals surface area contributed by atoms with E-state index in [1.54, 1.807) is 0 Å². The van der Waals surface area contributed by atoms with Gasteiger partial charge in [0, 0.05) is 12.0 Å². The summed E-state index contributed by atoms with van der Waals surface area (Å²) in [6.07, 6.45) is 7.65. The fourth-order valence-corrected chi connectivity index (χ4v) is 1.79. The zero-order valence-corrected chi connectivity index (χ0v) is 13.1. The van der Waals surface area contributed by atoms with Crippen molar-refractivity contribution in [3.8, 4) is 0 Å². The minimum atomic E-state index is 0.241. The molecule has 0 spiro atoms. The molecule has 0 heterocycles. The Morgan fingerprint density at radius 1 is 0.947 bits per heavy atom. The van der Waals surface area contributed by atoms with Crippen molar-refractivity contribution in [1.82, 2.24) is 0 Å². The number of hydrogen-bond acceptors (Lipinski definition) is 1. The van der Waals surface area contributed by atoms with Gasteiger partial charge in [-0.3, -0.25) is 4.79 Å². The first kappa shape index (κ1) is 17.9. The number of hydrogen-bond donors (Lipinski definition) is 0. The lowest BCUT2D eigenvalue weighted by Crippen LogP contribution is -2.02. The largest absolute Gasteiger partial charge is 0.294 e. The van der Waals surface area contributed by atoms with Gasteiger partial charge in [-0.25, -0.2) is 0 Å². The molecule has 0 aliphatic heterocycles. The highest BCUT2D eigenvalue weighted by Crippen LogP contribution is 2.08. The Morgan fingerprint density at radius 2 is 1.47 bits per heavy atom. The third kappa shape index (κ3) is 10.5. The SMILES string of the molecule is CC(C)CC(=O)c1ccccc1.CCCCCCC. The van der Waals surface area contributed by atoms with Crippen molar-refractivity contribution in [3.63, 3.8) is 0 Å². The van der Waals surface area contributed by atoms with Crippen molar-refractivity contribution < 1.29 is 4.79 Å². The molecule has 1 aromatic carbocycles. The van der Waals surface area contributed by atoms with Gasteiger partial charge in [0.15, 0.2) is 5.78 Å². The van der Waals surface area contributed by atoms with Gasteiger partial charge in [0.2, 0.25) is 0 Å². The summed E-state index contributed by atoms with van der Waals surface area (Å²) in [6.45, 7) is 8.60. The van der Waals surface area contributed by atoms with E-state index in [0.717, 1.165) is 5.56 Å². The average Bonchev–Trinajstić information content (AvgIpc) is 2.40. The molecule has 0 saturated carbocycles. The first-order chi connectivity index (χ1) is 9.11. The van der Waals surface area contributed by atoms with Crippen molar-refractivity contribution in [2.24, 2.45) is 5.92 Å². The maximum atomic E-state index is 11.5. The highest BCUT2D eigenvalue weighted by atomic mass is 16.1. The molecule has 108 valence electrons. The number of ketones is 1. The molecular weight excluding hydrogens is 232 g/mol. The van der Waals surface area contributed by atoms with Crippen molar-refractivity contribution in [2.45, 2.75) is 66.2 Å². The summed E-state index contributed by atoms with van der Waals surface area (Å²) < 4.78 is 0. The van der Waals surface area contributed by atoms with Crippen molar-refractivity contribution in [1.29, 1.82) is 0 Å². The van der Waals surface area contributed by atoms with E-state index in [1.807, 2.05) is 30.3 Å². The van der Waals surface area contributed by atoms with E-state index >= 15 is 0 Å². The molecule has 1 nitrogen and oxygen atoms in total. The molecule has 1 aromatic rings. The van der Waals surface area contributed by atoms with Gasteiger partial charge >= 0.3 is 0 Å². The van der Waals surface area contributed by atoms with Crippen LogP contribution in [0.25, 0.3) is 0 Å². The smallest absolute Gasteiger partial charge is 0.163 e. The van der Waals surface area contributed by atoms with E-state index in [4.69, 9.17) is 0 Å². The predicted octanol–water partition coefficient (Wildman–Crippen LogP) is 5.89. The van der Waals surface area contributed by atoms with E-state index in [0.29, 0.717) is 12.3 Å². The zero-order chi connectivity index (χ0) is 14.5. The molecule has 0 unspecified atom stereocenters. The van der Waals surface area contributed by atoms with Gasteiger partial charge in [0.05, 0.1) is 0 Å². The number of Topliss-reactive ketones (excluding diaryl/α,β-unsaturated/α-hetero) is 1. The molecule has 0 saturated heterocycles. The maximum Gasteiger partial charge on any atom is 0.163 e. The fraction of sp³-hybridized carbons (Fsp3) is 0.611. The van der Waals surface area contributed by atoms with Crippen molar-refractivity contribution in [2.75, 3.05) is 0 Å². The van der Waals surface area contributed by atoms with Gasteiger partial charge in [-0.1, -0.05) is 90.1 Å². The molecule has 0 N–H and O–H groups in total. The summed E-state index contributed by atoms with van der Waals surface area (Å²) in [6, 6.07) is 9.45. The Balaban J connectivity index is 0.000000399. The van der Waals surface area contributed by atoms with Crippen LogP contribution in [0, 0.1) is 5.92 Å². The number of unbranched alkanes of at least 4 members (excludes halogenated alkanes) is 4. The second-order valence-corrected chi connectivity index (χ2v) is 5.45. The molecule has 0 aliphatic rings. The van der Waals surface area contributed by atoms with Crippen LogP contribution >= 0.6 is 0 Å². The summed E-state index contributed by atoms with van der Waals surface area (Å²) in [5, 5.41) is 0. The summed E-state index contributed by atoms with van der Waals surface area (Å²) >= 11 is 0. The minimum Gasteiger partial charge on any atom is -0.294 e. The average molecular weight is 262 g/mol. The lowest BCUT2D eigenvalue weighted by atomic mass is 10.0. The quantitative estimate of drug-likeness (QED) is 0.442. The number of benzene rings is 1. The van der Waals surface area contributed by atoms with Crippen LogP contribution < -0.4 is 0 Å². The highest BCUT2D eigenvalue weighted by Gasteiger charge is 2.06. The summed E-state index contributed by atoms with van der Waals surface area (Å²) in [4.78, 5) is 11.5. The topological polar surface area (TPSA) is 17.1 Å². The number of rotatable bonds is 7. The summed E-state index contributed by atoms with van der Waals surface area (Å²) in [5.74, 6) is 0.684. The molecule has 1 rings (SSSR count). The lowest BCUT2D eigenvalue weighted by Gasteiger charge is -2.02. The standard InChI is InChI=1S/C11H14O.C7H16/c1-9(2)8-11(12)10-6-4-3-5-7-10;1-3-5-7-6-4-2/h3-7,9H,8H2,1-2H3;3-7H2,1-2H3. The highest BCUT2D eigenvalue weighted by molar-refractivity contribution is 5.96. The Labute approximate surface area is 119 Å². The van der Waals surface area contributed by atoms with Gasteiger partial charge in [0.1, 0.15) is 0 Å². The van der Waals surface area contributed by atoms with Crippen LogP contribution in [0.2, 0.25) is 0 Å². The summed E-state index contributed by atoms with van der Waals surface area (Å²) in [7, 11) is 0. The van der Waals surface area contributed by atoms with Crippen LogP contribution in [0.4, 0.5) is 0 Å². The van der Waals surface area contributed by atoms with Gasteiger partial charge < -0.3 is 0 Å². The molecule has 1 heteroatoms. The van der Waals surface area contributed by atoms with Crippen LogP contribution in [-0.2, 0) is 0 Å². The first-order valence-electron chi connectivity index (χ1n) is 7.70. The van der Waals surface area contributed by atoms with Gasteiger partial charge in [-0.05, 0) is 5.92 Å². The van der Waals surface area contributed by atoms with Gasteiger partial charge in [-0.2, -0.15) is 0 Å². The molecule has 0 amide bonds. The molecule has 0 radical (unpaired) electrons. The van der Waals surface area contributed by atoms with Crippen LogP contribution in [0.3, 0.4) is 0 Å². The van der Waals surface area contributed by atoms with Crippen LogP contribution in [-0.4, -0.2) is 5.78 Å². The van der Waals surface area contributed by atoms with Gasteiger partial charge in [0.25, 0.3) is 0 Å². The maximum absolute atomic E-state index is 11.5. The van der Waals surface area contributed by atoms with E-state index < -0.39 is 0 Å². The first-order valence-corrected chi connectivity index (χ1v) is 7.70. The van der Waals surface area contributed by atoms with E-state index in [1.165, 1.54) is 32.1 Å². The zero-order valence-electron chi connectivity index (χ0n) is 13.1. The lowest BCUT2D eigenvalue weighted by molar-refractivity contribution is 0.0968. The molecule has 0 fully saturated rings. The molecule has 0 atom stereocenters. The molecule has 19 heavy (non-hydrogen) atoms. The Morgan fingerprint density at radius 3 is 1.89 bits per heavy atom. The second kappa shape index (κ2) is 12.0. The second-order valence-electron chi connectivity index (χ2n) is 5.45. The third-order valence-electron chi connectivity index (χ3n) is 2.90. The molecule has 0 bridgehead atoms. The Hall–Kier alpha value is -1.11. The molecule has 0 aliphatic carbocycles. The van der Waals surface area contributed by atoms with E-state index in [-0.39, 0.29) is 5.78 Å². The van der Waals surface area contributed by atoms with Crippen LogP contribution in [0.1, 0.15) is 76.6 Å². The Kier molecular flexibility index (Phi) is 11.3. The number of carbonyl (C=O) groups excluding carboxylic acids is 1. The van der Waals surface area contributed by atoms with Crippen molar-refractivity contribution in [3.05, 3.63) is 35.9 Å². The van der Waals surface area contributed by atoms with Crippen LogP contribution in [0.5, 0.6) is 0 Å². The minimum absolute atomic E-state index is 0.241. The van der Waals surface area contributed by atoms with Crippen molar-refractivity contribution >= 4 is 5.78 Å². The monoisotopic (exact) mass is 262 g/mol. The van der Waals surface area contributed by atoms with E-state index in [9.17, 15) is 4.79 Å². The number of carbonyl (C=O) groups is 1. The Bertz CT molecular complexity index is 310. The normalized spacial score (nSPS) is 9.95. The molecule has 0 aromatic heterocycles. The van der Waals surface area contributed by atoms with Crippen LogP contribution in [0.15, 0.2) is 30.3 Å². The van der Waals surface area contributed by atoms with Gasteiger partial charge in [-0.15, -0.1) is 0 Å².